The number of methoxy groups -OCH3 is 1. The molecule has 0 unspecified atom stereocenters. The molecule has 2 aromatic carbocycles. The maximum atomic E-state index is 12.2. The Kier molecular flexibility index (Phi) is 6.86. The number of benzene rings is 2. The lowest BCUT2D eigenvalue weighted by Gasteiger charge is -2.09. The van der Waals surface area contributed by atoms with Crippen LogP contribution in [0.25, 0.3) is 0 Å². The summed E-state index contributed by atoms with van der Waals surface area (Å²) in [5.74, 6) is 1.25. The van der Waals surface area contributed by atoms with Crippen molar-refractivity contribution < 1.29 is 19.0 Å². The zero-order valence-corrected chi connectivity index (χ0v) is 13.7. The minimum atomic E-state index is -0.182. The van der Waals surface area contributed by atoms with E-state index in [1.165, 1.54) is 0 Å². The van der Waals surface area contributed by atoms with Crippen LogP contribution in [-0.4, -0.2) is 32.8 Å². The largest absolute Gasteiger partial charge is 0.491 e. The molecular weight excluding hydrogens is 306 g/mol. The first kappa shape index (κ1) is 17.6. The van der Waals surface area contributed by atoms with Gasteiger partial charge in [-0.2, -0.15) is 0 Å². The van der Waals surface area contributed by atoms with E-state index in [4.69, 9.17) is 14.2 Å². The quantitative estimate of drug-likeness (QED) is 0.565. The standard InChI is InChI=1S/C19H21NO4/c1-3-12-23-17-8-4-15(5-9-17)19(21)20-16-6-10-18(11-7-16)24-14-13-22-2/h3-11H,1,12-14H2,2H3,(H,20,21). The predicted molar refractivity (Wildman–Crippen MR) is 93.9 cm³/mol. The Morgan fingerprint density at radius 2 is 1.62 bits per heavy atom. The van der Waals surface area contributed by atoms with Crippen LogP contribution in [0.4, 0.5) is 5.69 Å². The molecule has 0 aliphatic rings. The normalized spacial score (nSPS) is 10.0. The van der Waals surface area contributed by atoms with Gasteiger partial charge in [-0.05, 0) is 48.5 Å². The Labute approximate surface area is 141 Å². The summed E-state index contributed by atoms with van der Waals surface area (Å²) >= 11 is 0. The number of nitrogens with one attached hydrogen (secondary N) is 1. The van der Waals surface area contributed by atoms with Crippen LogP contribution >= 0.6 is 0 Å². The van der Waals surface area contributed by atoms with Crippen LogP contribution in [-0.2, 0) is 4.74 Å². The molecule has 0 radical (unpaired) electrons. The van der Waals surface area contributed by atoms with Crippen LogP contribution in [0.3, 0.4) is 0 Å². The number of hydrogen-bond acceptors (Lipinski definition) is 4. The van der Waals surface area contributed by atoms with E-state index in [0.29, 0.717) is 36.8 Å². The van der Waals surface area contributed by atoms with Gasteiger partial charge < -0.3 is 19.5 Å². The van der Waals surface area contributed by atoms with Crippen molar-refractivity contribution in [2.24, 2.45) is 0 Å². The van der Waals surface area contributed by atoms with Crippen molar-refractivity contribution in [1.82, 2.24) is 0 Å². The molecule has 0 fully saturated rings. The molecule has 0 aromatic heterocycles. The fourth-order valence-electron chi connectivity index (χ4n) is 1.94. The average molecular weight is 327 g/mol. The van der Waals surface area contributed by atoms with E-state index < -0.39 is 0 Å². The molecule has 0 aliphatic heterocycles. The van der Waals surface area contributed by atoms with Gasteiger partial charge in [-0.25, -0.2) is 0 Å². The molecule has 2 aromatic rings. The maximum absolute atomic E-state index is 12.2. The van der Waals surface area contributed by atoms with Crippen LogP contribution < -0.4 is 14.8 Å². The van der Waals surface area contributed by atoms with E-state index in [1.54, 1.807) is 61.7 Å². The lowest BCUT2D eigenvalue weighted by Crippen LogP contribution is -2.11. The third-order valence-electron chi connectivity index (χ3n) is 3.15. The van der Waals surface area contributed by atoms with Gasteiger partial charge in [0.25, 0.3) is 5.91 Å². The summed E-state index contributed by atoms with van der Waals surface area (Å²) in [5.41, 5.74) is 1.26. The molecule has 24 heavy (non-hydrogen) atoms. The van der Waals surface area contributed by atoms with Gasteiger partial charge in [0.1, 0.15) is 24.7 Å². The molecule has 0 bridgehead atoms. The first-order valence-electron chi connectivity index (χ1n) is 7.60. The van der Waals surface area contributed by atoms with Crippen molar-refractivity contribution in [1.29, 1.82) is 0 Å². The number of hydrogen-bond donors (Lipinski definition) is 1. The molecular formula is C19H21NO4. The fraction of sp³-hybridized carbons (Fsp3) is 0.211. The summed E-state index contributed by atoms with van der Waals surface area (Å²) in [6.45, 7) is 5.05. The van der Waals surface area contributed by atoms with E-state index in [2.05, 4.69) is 11.9 Å². The number of anilines is 1. The second kappa shape index (κ2) is 9.37. The molecule has 0 spiro atoms. The van der Waals surface area contributed by atoms with Crippen molar-refractivity contribution >= 4 is 11.6 Å². The first-order chi connectivity index (χ1) is 11.7. The monoisotopic (exact) mass is 327 g/mol. The minimum Gasteiger partial charge on any atom is -0.491 e. The smallest absolute Gasteiger partial charge is 0.255 e. The number of carbonyl (C=O) groups excluding carboxylic acids is 1. The summed E-state index contributed by atoms with van der Waals surface area (Å²) in [6.07, 6.45) is 1.67. The topological polar surface area (TPSA) is 56.8 Å². The van der Waals surface area contributed by atoms with Crippen LogP contribution in [0, 0.1) is 0 Å². The van der Waals surface area contributed by atoms with Gasteiger partial charge >= 0.3 is 0 Å². The highest BCUT2D eigenvalue weighted by Crippen LogP contribution is 2.17. The number of rotatable bonds is 9. The number of ether oxygens (including phenoxy) is 3. The molecule has 126 valence electrons. The first-order valence-corrected chi connectivity index (χ1v) is 7.60. The molecule has 0 saturated carbocycles. The molecule has 1 N–H and O–H groups in total. The van der Waals surface area contributed by atoms with Crippen LogP contribution in [0.15, 0.2) is 61.2 Å². The minimum absolute atomic E-state index is 0.182. The van der Waals surface area contributed by atoms with Gasteiger partial charge in [-0.1, -0.05) is 12.7 Å². The molecule has 2 rings (SSSR count). The van der Waals surface area contributed by atoms with E-state index in [9.17, 15) is 4.79 Å². The van der Waals surface area contributed by atoms with Crippen LogP contribution in [0.2, 0.25) is 0 Å². The second-order valence-corrected chi connectivity index (χ2v) is 4.94. The molecule has 5 nitrogen and oxygen atoms in total. The number of amides is 1. The highest BCUT2D eigenvalue weighted by atomic mass is 16.5. The second-order valence-electron chi connectivity index (χ2n) is 4.94. The van der Waals surface area contributed by atoms with Crippen molar-refractivity contribution in [3.63, 3.8) is 0 Å². The Balaban J connectivity index is 1.90. The Morgan fingerprint density at radius 3 is 2.25 bits per heavy atom. The molecule has 1 amide bonds. The highest BCUT2D eigenvalue weighted by Gasteiger charge is 2.06. The average Bonchev–Trinajstić information content (AvgIpc) is 2.62. The zero-order valence-electron chi connectivity index (χ0n) is 13.7. The summed E-state index contributed by atoms with van der Waals surface area (Å²) in [7, 11) is 1.63. The highest BCUT2D eigenvalue weighted by molar-refractivity contribution is 6.04. The fourth-order valence-corrected chi connectivity index (χ4v) is 1.94. The zero-order chi connectivity index (χ0) is 17.2. The number of carbonyl (C=O) groups is 1. The van der Waals surface area contributed by atoms with Crippen LogP contribution in [0.1, 0.15) is 10.4 Å². The molecule has 0 saturated heterocycles. The van der Waals surface area contributed by atoms with Gasteiger partial charge in [0.05, 0.1) is 6.61 Å². The third-order valence-corrected chi connectivity index (χ3v) is 3.15. The van der Waals surface area contributed by atoms with Crippen molar-refractivity contribution in [2.45, 2.75) is 0 Å². The lowest BCUT2D eigenvalue weighted by molar-refractivity contribution is 0.102. The van der Waals surface area contributed by atoms with Gasteiger partial charge in [-0.15, -0.1) is 0 Å². The molecule has 0 heterocycles. The van der Waals surface area contributed by atoms with Gasteiger partial charge in [0.2, 0.25) is 0 Å². The predicted octanol–water partition coefficient (Wildman–Crippen LogP) is 3.53. The summed E-state index contributed by atoms with van der Waals surface area (Å²) in [6, 6.07) is 14.1. The van der Waals surface area contributed by atoms with E-state index >= 15 is 0 Å². The Morgan fingerprint density at radius 1 is 1.00 bits per heavy atom. The van der Waals surface area contributed by atoms with Gasteiger partial charge in [0, 0.05) is 18.4 Å². The van der Waals surface area contributed by atoms with Crippen LogP contribution in [0.5, 0.6) is 11.5 Å². The SMILES string of the molecule is C=CCOc1ccc(C(=O)Nc2ccc(OCCOC)cc2)cc1. The van der Waals surface area contributed by atoms with Gasteiger partial charge in [0.15, 0.2) is 0 Å². The molecule has 0 aliphatic carbocycles. The third kappa shape index (κ3) is 5.44. The Bertz CT molecular complexity index is 650. The van der Waals surface area contributed by atoms with E-state index in [-0.39, 0.29) is 5.91 Å². The summed E-state index contributed by atoms with van der Waals surface area (Å²) in [4.78, 5) is 12.2. The maximum Gasteiger partial charge on any atom is 0.255 e. The van der Waals surface area contributed by atoms with E-state index in [0.717, 1.165) is 5.75 Å². The Hall–Kier alpha value is -2.79. The lowest BCUT2D eigenvalue weighted by atomic mass is 10.2. The van der Waals surface area contributed by atoms with Crippen molar-refractivity contribution in [3.05, 3.63) is 66.7 Å². The molecule has 0 atom stereocenters. The van der Waals surface area contributed by atoms with Crippen molar-refractivity contribution in [2.75, 3.05) is 32.2 Å². The van der Waals surface area contributed by atoms with Crippen molar-refractivity contribution in [3.8, 4) is 11.5 Å². The summed E-state index contributed by atoms with van der Waals surface area (Å²) in [5, 5.41) is 2.84. The van der Waals surface area contributed by atoms with E-state index in [1.807, 2.05) is 0 Å². The molecule has 5 heteroatoms. The summed E-state index contributed by atoms with van der Waals surface area (Å²) < 4.78 is 15.8. The van der Waals surface area contributed by atoms with Gasteiger partial charge in [-0.3, -0.25) is 4.79 Å².